The number of amides is 1. The van der Waals surface area contributed by atoms with E-state index in [2.05, 4.69) is 37.4 Å². The Morgan fingerprint density at radius 2 is 1.31 bits per heavy atom. The summed E-state index contributed by atoms with van der Waals surface area (Å²) in [6, 6.07) is 0. The van der Waals surface area contributed by atoms with Crippen LogP contribution >= 0.6 is 0 Å². The molecule has 35 heavy (non-hydrogen) atoms. The normalized spacial score (nSPS) is 14.5. The molecule has 0 unspecified atom stereocenters. The molecule has 0 aliphatic heterocycles. The second kappa shape index (κ2) is 20.6. The minimum absolute atomic E-state index is 0.0168. The van der Waals surface area contributed by atoms with Gasteiger partial charge in [0, 0.05) is 18.5 Å². The minimum Gasteiger partial charge on any atom is -0.466 e. The van der Waals surface area contributed by atoms with Gasteiger partial charge in [0.1, 0.15) is 0 Å². The minimum atomic E-state index is -0.224. The van der Waals surface area contributed by atoms with E-state index in [1.54, 1.807) is 6.92 Å². The summed E-state index contributed by atoms with van der Waals surface area (Å²) in [4.78, 5) is 23.8. The highest BCUT2D eigenvalue weighted by molar-refractivity contribution is 5.79. The van der Waals surface area contributed by atoms with Gasteiger partial charge in [0.25, 0.3) is 0 Å². The first-order valence-electron chi connectivity index (χ1n) is 14.9. The van der Waals surface area contributed by atoms with E-state index in [0.717, 1.165) is 12.1 Å². The number of unbranched alkanes of at least 4 members (excludes halogenated alkanes) is 12. The first-order valence-corrected chi connectivity index (χ1v) is 14.9. The molecule has 1 rings (SSSR count). The van der Waals surface area contributed by atoms with Crippen molar-refractivity contribution >= 4 is 11.9 Å². The standard InChI is InChI=1S/C31H55NO3/c1-4-7-9-11-13-15-17-24-31(25-18-16-14-12-10-8-5-2)26-22-28(23-27-31)32-29(33)20-19-21-30(34)35-6-3/h22-23,26H,4-21,24-25,27H2,1-3H3,(H,32,33). The topological polar surface area (TPSA) is 55.4 Å². The molecule has 0 saturated heterocycles. The highest BCUT2D eigenvalue weighted by Crippen LogP contribution is 2.40. The number of carbonyl (C=O) groups excluding carboxylic acids is 2. The van der Waals surface area contributed by atoms with Gasteiger partial charge in [0.05, 0.1) is 6.61 Å². The Balaban J connectivity index is 2.47. The summed E-state index contributed by atoms with van der Waals surface area (Å²) in [5, 5.41) is 3.04. The lowest BCUT2D eigenvalue weighted by atomic mass is 9.73. The van der Waals surface area contributed by atoms with Crippen LogP contribution in [0.15, 0.2) is 23.9 Å². The quantitative estimate of drug-likeness (QED) is 0.122. The van der Waals surface area contributed by atoms with E-state index in [-0.39, 0.29) is 17.3 Å². The molecule has 0 heterocycles. The van der Waals surface area contributed by atoms with Crippen molar-refractivity contribution in [2.45, 2.75) is 149 Å². The van der Waals surface area contributed by atoms with E-state index >= 15 is 0 Å². The van der Waals surface area contributed by atoms with Crippen LogP contribution in [0, 0.1) is 5.41 Å². The summed E-state index contributed by atoms with van der Waals surface area (Å²) >= 11 is 0. The summed E-state index contributed by atoms with van der Waals surface area (Å²) in [7, 11) is 0. The molecule has 1 amide bonds. The van der Waals surface area contributed by atoms with Crippen molar-refractivity contribution in [2.24, 2.45) is 5.41 Å². The third-order valence-electron chi connectivity index (χ3n) is 7.28. The first-order chi connectivity index (χ1) is 17.0. The van der Waals surface area contributed by atoms with Gasteiger partial charge >= 0.3 is 5.97 Å². The van der Waals surface area contributed by atoms with E-state index < -0.39 is 0 Å². The van der Waals surface area contributed by atoms with Crippen LogP contribution in [0.25, 0.3) is 0 Å². The van der Waals surface area contributed by atoms with Crippen molar-refractivity contribution in [3.8, 4) is 0 Å². The Bertz CT molecular complexity index is 605. The Kier molecular flexibility index (Phi) is 18.5. The smallest absolute Gasteiger partial charge is 0.305 e. The zero-order chi connectivity index (χ0) is 25.6. The van der Waals surface area contributed by atoms with Crippen LogP contribution in [0.2, 0.25) is 0 Å². The van der Waals surface area contributed by atoms with Gasteiger partial charge in [-0.25, -0.2) is 0 Å². The van der Waals surface area contributed by atoms with Crippen LogP contribution in [-0.4, -0.2) is 18.5 Å². The fourth-order valence-corrected chi connectivity index (χ4v) is 5.02. The molecule has 0 atom stereocenters. The number of hydrogen-bond donors (Lipinski definition) is 1. The molecular formula is C31H55NO3. The van der Waals surface area contributed by atoms with Crippen LogP contribution in [0.5, 0.6) is 0 Å². The van der Waals surface area contributed by atoms with Gasteiger partial charge in [-0.2, -0.15) is 0 Å². The van der Waals surface area contributed by atoms with E-state index in [9.17, 15) is 9.59 Å². The average Bonchev–Trinajstić information content (AvgIpc) is 2.84. The van der Waals surface area contributed by atoms with Crippen LogP contribution in [-0.2, 0) is 14.3 Å². The van der Waals surface area contributed by atoms with Crippen molar-refractivity contribution in [3.63, 3.8) is 0 Å². The highest BCUT2D eigenvalue weighted by Gasteiger charge is 2.27. The third-order valence-corrected chi connectivity index (χ3v) is 7.28. The van der Waals surface area contributed by atoms with Crippen molar-refractivity contribution in [3.05, 3.63) is 23.9 Å². The molecule has 0 fully saturated rings. The van der Waals surface area contributed by atoms with Gasteiger partial charge in [-0.1, -0.05) is 116 Å². The predicted octanol–water partition coefficient (Wildman–Crippen LogP) is 8.95. The Hall–Kier alpha value is -1.58. The Morgan fingerprint density at radius 1 is 0.771 bits per heavy atom. The van der Waals surface area contributed by atoms with Gasteiger partial charge in [-0.3, -0.25) is 9.59 Å². The number of allylic oxidation sites excluding steroid dienone is 3. The second-order valence-electron chi connectivity index (χ2n) is 10.5. The number of rotatable bonds is 22. The van der Waals surface area contributed by atoms with Crippen LogP contribution in [0.3, 0.4) is 0 Å². The molecule has 4 heteroatoms. The lowest BCUT2D eigenvalue weighted by Gasteiger charge is -2.33. The molecule has 4 nitrogen and oxygen atoms in total. The fraction of sp³-hybridized carbons (Fsp3) is 0.806. The van der Waals surface area contributed by atoms with Gasteiger partial charge in [-0.05, 0) is 44.1 Å². The molecule has 0 aromatic rings. The Labute approximate surface area is 216 Å². The van der Waals surface area contributed by atoms with Gasteiger partial charge in [0.15, 0.2) is 0 Å². The largest absolute Gasteiger partial charge is 0.466 e. The second-order valence-corrected chi connectivity index (χ2v) is 10.5. The van der Waals surface area contributed by atoms with Gasteiger partial charge in [0.2, 0.25) is 5.91 Å². The SMILES string of the molecule is CCCCCCCCCC1(CCCCCCCCC)C=CC(NC(=O)CCCC(=O)OCC)=CC1. The number of carbonyl (C=O) groups is 2. The van der Waals surface area contributed by atoms with E-state index in [0.29, 0.717) is 25.9 Å². The molecule has 202 valence electrons. The zero-order valence-corrected chi connectivity index (χ0v) is 23.3. The van der Waals surface area contributed by atoms with Crippen LogP contribution < -0.4 is 5.32 Å². The van der Waals surface area contributed by atoms with Gasteiger partial charge < -0.3 is 10.1 Å². The summed E-state index contributed by atoms with van der Waals surface area (Å²) in [6.45, 7) is 6.74. The number of ether oxygens (including phenoxy) is 1. The van der Waals surface area contributed by atoms with Crippen molar-refractivity contribution in [1.82, 2.24) is 5.32 Å². The Morgan fingerprint density at radius 3 is 1.80 bits per heavy atom. The molecule has 0 spiro atoms. The molecule has 0 radical (unpaired) electrons. The van der Waals surface area contributed by atoms with E-state index in [4.69, 9.17) is 4.74 Å². The highest BCUT2D eigenvalue weighted by atomic mass is 16.5. The third kappa shape index (κ3) is 15.9. The van der Waals surface area contributed by atoms with E-state index in [1.165, 1.54) is 103 Å². The molecular weight excluding hydrogens is 434 g/mol. The van der Waals surface area contributed by atoms with Crippen LogP contribution in [0.4, 0.5) is 0 Å². The lowest BCUT2D eigenvalue weighted by Crippen LogP contribution is -2.26. The summed E-state index contributed by atoms with van der Waals surface area (Å²) in [5.74, 6) is -0.241. The molecule has 1 aliphatic carbocycles. The summed E-state index contributed by atoms with van der Waals surface area (Å²) < 4.78 is 4.93. The molecule has 0 aromatic carbocycles. The fourth-order valence-electron chi connectivity index (χ4n) is 5.02. The first kappa shape index (κ1) is 31.4. The zero-order valence-electron chi connectivity index (χ0n) is 23.3. The molecule has 0 saturated carbocycles. The number of esters is 1. The van der Waals surface area contributed by atoms with Crippen molar-refractivity contribution in [2.75, 3.05) is 6.61 Å². The van der Waals surface area contributed by atoms with Crippen LogP contribution in [0.1, 0.15) is 149 Å². The number of hydrogen-bond acceptors (Lipinski definition) is 3. The molecule has 1 N–H and O–H groups in total. The summed E-state index contributed by atoms with van der Waals surface area (Å²) in [6.07, 6.45) is 30.3. The maximum absolute atomic E-state index is 12.3. The van der Waals surface area contributed by atoms with E-state index in [1.807, 2.05) is 0 Å². The average molecular weight is 490 g/mol. The predicted molar refractivity (Wildman–Crippen MR) is 148 cm³/mol. The van der Waals surface area contributed by atoms with Crippen molar-refractivity contribution in [1.29, 1.82) is 0 Å². The maximum atomic E-state index is 12.3. The monoisotopic (exact) mass is 489 g/mol. The molecule has 1 aliphatic rings. The lowest BCUT2D eigenvalue weighted by molar-refractivity contribution is -0.143. The molecule has 0 bridgehead atoms. The number of nitrogens with one attached hydrogen (secondary N) is 1. The van der Waals surface area contributed by atoms with Crippen molar-refractivity contribution < 1.29 is 14.3 Å². The molecule has 0 aromatic heterocycles. The summed E-state index contributed by atoms with van der Waals surface area (Å²) in [5.41, 5.74) is 1.17. The maximum Gasteiger partial charge on any atom is 0.305 e. The van der Waals surface area contributed by atoms with Gasteiger partial charge in [-0.15, -0.1) is 0 Å².